The Kier molecular flexibility index (Phi) is 5.11. The molecule has 2 saturated heterocycles. The van der Waals surface area contributed by atoms with Crippen molar-refractivity contribution in [3.63, 3.8) is 0 Å². The van der Waals surface area contributed by atoms with Gasteiger partial charge in [0.15, 0.2) is 0 Å². The zero-order chi connectivity index (χ0) is 15.4. The molecule has 4 heteroatoms. The zero-order valence-corrected chi connectivity index (χ0v) is 13.6. The van der Waals surface area contributed by atoms with E-state index in [1.165, 1.54) is 24.8 Å². The Bertz CT molecular complexity index is 462. The molecule has 0 aromatic heterocycles. The van der Waals surface area contributed by atoms with Crippen molar-refractivity contribution >= 4 is 0 Å². The molecule has 0 bridgehead atoms. The van der Waals surface area contributed by atoms with Crippen molar-refractivity contribution in [1.29, 1.82) is 0 Å². The molecule has 2 aliphatic rings. The van der Waals surface area contributed by atoms with E-state index in [1.807, 2.05) is 12.1 Å². The van der Waals surface area contributed by atoms with Crippen molar-refractivity contribution in [2.45, 2.75) is 38.3 Å². The first-order valence-electron chi connectivity index (χ1n) is 8.51. The summed E-state index contributed by atoms with van der Waals surface area (Å²) in [5.74, 6) is -0.155. The van der Waals surface area contributed by atoms with Crippen molar-refractivity contribution in [2.24, 2.45) is 0 Å². The average Bonchev–Trinajstić information content (AvgIpc) is 2.58. The molecule has 0 aliphatic carbocycles. The van der Waals surface area contributed by atoms with Crippen LogP contribution in [0.15, 0.2) is 24.3 Å². The number of piperazine rings is 1. The van der Waals surface area contributed by atoms with E-state index in [0.29, 0.717) is 5.54 Å². The molecule has 3 rings (SSSR count). The van der Waals surface area contributed by atoms with E-state index >= 15 is 0 Å². The summed E-state index contributed by atoms with van der Waals surface area (Å²) in [6, 6.07) is 6.90. The molecule has 0 unspecified atom stereocenters. The van der Waals surface area contributed by atoms with Crippen LogP contribution in [0.3, 0.4) is 0 Å². The second kappa shape index (κ2) is 7.07. The first-order valence-corrected chi connectivity index (χ1v) is 8.51. The van der Waals surface area contributed by atoms with Gasteiger partial charge in [0.05, 0.1) is 0 Å². The number of benzene rings is 1. The predicted molar refractivity (Wildman–Crippen MR) is 86.3 cm³/mol. The molecule has 122 valence electrons. The fourth-order valence-corrected chi connectivity index (χ4v) is 3.87. The van der Waals surface area contributed by atoms with E-state index in [4.69, 9.17) is 4.74 Å². The highest BCUT2D eigenvalue weighted by molar-refractivity contribution is 5.16. The van der Waals surface area contributed by atoms with Gasteiger partial charge in [-0.05, 0) is 37.0 Å². The van der Waals surface area contributed by atoms with Gasteiger partial charge in [0.1, 0.15) is 5.82 Å². The lowest BCUT2D eigenvalue weighted by Gasteiger charge is -2.49. The van der Waals surface area contributed by atoms with Crippen molar-refractivity contribution in [2.75, 3.05) is 39.4 Å². The lowest BCUT2D eigenvalue weighted by atomic mass is 9.85. The Balaban J connectivity index is 1.54. The lowest BCUT2D eigenvalue weighted by Crippen LogP contribution is -2.58. The van der Waals surface area contributed by atoms with Crippen LogP contribution in [0.1, 0.15) is 31.7 Å². The number of hydrogen-bond donors (Lipinski definition) is 0. The van der Waals surface area contributed by atoms with Gasteiger partial charge in [-0.15, -0.1) is 0 Å². The van der Waals surface area contributed by atoms with Crippen LogP contribution in [0.25, 0.3) is 0 Å². The summed E-state index contributed by atoms with van der Waals surface area (Å²) >= 11 is 0. The number of halogens is 1. The monoisotopic (exact) mass is 306 g/mol. The van der Waals surface area contributed by atoms with Crippen LogP contribution in [0.5, 0.6) is 0 Å². The zero-order valence-electron chi connectivity index (χ0n) is 13.6. The van der Waals surface area contributed by atoms with E-state index < -0.39 is 0 Å². The quantitative estimate of drug-likeness (QED) is 0.851. The average molecular weight is 306 g/mol. The van der Waals surface area contributed by atoms with E-state index in [-0.39, 0.29) is 5.82 Å². The highest BCUT2D eigenvalue weighted by Gasteiger charge is 2.38. The van der Waals surface area contributed by atoms with Crippen LogP contribution in [0.2, 0.25) is 0 Å². The van der Waals surface area contributed by atoms with Crippen LogP contribution in [0.4, 0.5) is 4.39 Å². The van der Waals surface area contributed by atoms with Crippen molar-refractivity contribution in [3.05, 3.63) is 35.6 Å². The minimum absolute atomic E-state index is 0.155. The molecular formula is C18H27FN2O. The minimum Gasteiger partial charge on any atom is -0.381 e. The molecule has 2 aliphatic heterocycles. The van der Waals surface area contributed by atoms with Crippen molar-refractivity contribution in [1.82, 2.24) is 9.80 Å². The number of rotatable bonds is 4. The van der Waals surface area contributed by atoms with Gasteiger partial charge in [-0.1, -0.05) is 19.1 Å². The third-order valence-corrected chi connectivity index (χ3v) is 5.44. The van der Waals surface area contributed by atoms with E-state index in [1.54, 1.807) is 12.1 Å². The van der Waals surface area contributed by atoms with Gasteiger partial charge in [0.2, 0.25) is 0 Å². The molecule has 0 atom stereocenters. The minimum atomic E-state index is -0.155. The Hall–Kier alpha value is -0.970. The summed E-state index contributed by atoms with van der Waals surface area (Å²) in [5, 5.41) is 0. The molecule has 1 aromatic rings. The molecule has 2 fully saturated rings. The summed E-state index contributed by atoms with van der Waals surface area (Å²) in [5.41, 5.74) is 1.56. The summed E-state index contributed by atoms with van der Waals surface area (Å²) in [6.45, 7) is 9.52. The van der Waals surface area contributed by atoms with Gasteiger partial charge in [-0.25, -0.2) is 4.39 Å². The summed E-state index contributed by atoms with van der Waals surface area (Å²) in [6.07, 6.45) is 3.55. The maximum atomic E-state index is 13.0. The van der Waals surface area contributed by atoms with E-state index in [9.17, 15) is 4.39 Å². The second-order valence-corrected chi connectivity index (χ2v) is 6.58. The molecule has 0 spiro atoms. The Labute approximate surface area is 133 Å². The van der Waals surface area contributed by atoms with Crippen molar-refractivity contribution in [3.8, 4) is 0 Å². The highest BCUT2D eigenvalue weighted by Crippen LogP contribution is 2.32. The lowest BCUT2D eigenvalue weighted by molar-refractivity contribution is -0.0499. The smallest absolute Gasteiger partial charge is 0.123 e. The molecule has 3 nitrogen and oxygen atoms in total. The molecule has 2 heterocycles. The Morgan fingerprint density at radius 2 is 1.68 bits per heavy atom. The van der Waals surface area contributed by atoms with E-state index in [0.717, 1.165) is 45.9 Å². The van der Waals surface area contributed by atoms with Gasteiger partial charge in [0, 0.05) is 51.5 Å². The summed E-state index contributed by atoms with van der Waals surface area (Å²) in [7, 11) is 0. The van der Waals surface area contributed by atoms with Crippen LogP contribution in [-0.2, 0) is 11.3 Å². The normalized spacial score (nSPS) is 23.5. The molecule has 0 radical (unpaired) electrons. The first kappa shape index (κ1) is 15.9. The van der Waals surface area contributed by atoms with Gasteiger partial charge < -0.3 is 4.74 Å². The molecular weight excluding hydrogens is 279 g/mol. The molecule has 0 amide bonds. The van der Waals surface area contributed by atoms with E-state index in [2.05, 4.69) is 16.7 Å². The number of nitrogens with zero attached hydrogens (tertiary/aromatic N) is 2. The van der Waals surface area contributed by atoms with Crippen LogP contribution >= 0.6 is 0 Å². The maximum absolute atomic E-state index is 13.0. The topological polar surface area (TPSA) is 15.7 Å². The molecule has 0 N–H and O–H groups in total. The van der Waals surface area contributed by atoms with Gasteiger partial charge in [-0.3, -0.25) is 9.80 Å². The van der Waals surface area contributed by atoms with Crippen LogP contribution < -0.4 is 0 Å². The molecule has 0 saturated carbocycles. The Morgan fingerprint density at radius 1 is 1.05 bits per heavy atom. The standard InChI is InChI=1S/C18H27FN2O/c1-2-18(7-13-22-14-8-18)21-11-9-20(10-12-21)15-16-3-5-17(19)6-4-16/h3-6H,2,7-15H2,1H3. The fraction of sp³-hybridized carbons (Fsp3) is 0.667. The summed E-state index contributed by atoms with van der Waals surface area (Å²) < 4.78 is 18.5. The third kappa shape index (κ3) is 3.50. The summed E-state index contributed by atoms with van der Waals surface area (Å²) in [4.78, 5) is 5.17. The second-order valence-electron chi connectivity index (χ2n) is 6.58. The van der Waals surface area contributed by atoms with Gasteiger partial charge >= 0.3 is 0 Å². The fourth-order valence-electron chi connectivity index (χ4n) is 3.87. The van der Waals surface area contributed by atoms with Crippen LogP contribution in [0, 0.1) is 5.82 Å². The number of ether oxygens (including phenoxy) is 1. The van der Waals surface area contributed by atoms with Gasteiger partial charge in [0.25, 0.3) is 0 Å². The molecule has 22 heavy (non-hydrogen) atoms. The largest absolute Gasteiger partial charge is 0.381 e. The Morgan fingerprint density at radius 3 is 2.27 bits per heavy atom. The van der Waals surface area contributed by atoms with Gasteiger partial charge in [-0.2, -0.15) is 0 Å². The SMILES string of the molecule is CCC1(N2CCN(Cc3ccc(F)cc3)CC2)CCOCC1. The van der Waals surface area contributed by atoms with Crippen LogP contribution in [-0.4, -0.2) is 54.7 Å². The van der Waals surface area contributed by atoms with Crippen molar-refractivity contribution < 1.29 is 9.13 Å². The molecule has 1 aromatic carbocycles. The highest BCUT2D eigenvalue weighted by atomic mass is 19.1. The number of hydrogen-bond acceptors (Lipinski definition) is 3. The predicted octanol–water partition coefficient (Wildman–Crippen LogP) is 2.90. The first-order chi connectivity index (χ1) is 10.7. The third-order valence-electron chi connectivity index (χ3n) is 5.44. The maximum Gasteiger partial charge on any atom is 0.123 e.